The highest BCUT2D eigenvalue weighted by Crippen LogP contribution is 2.06. The molecule has 0 saturated heterocycles. The van der Waals surface area contributed by atoms with Crippen LogP contribution in [0.4, 0.5) is 0 Å². The number of nitrogens with zero attached hydrogens (tertiary/aromatic N) is 2. The zero-order valence-electron chi connectivity index (χ0n) is 11.7. The van der Waals surface area contributed by atoms with E-state index in [4.69, 9.17) is 9.68 Å². The van der Waals surface area contributed by atoms with Crippen molar-refractivity contribution in [2.24, 2.45) is 10.6 Å². The van der Waals surface area contributed by atoms with Gasteiger partial charge in [-0.1, -0.05) is 59.7 Å². The molecule has 0 unspecified atom stereocenters. The summed E-state index contributed by atoms with van der Waals surface area (Å²) in [6.07, 6.45) is 0. The van der Waals surface area contributed by atoms with Gasteiger partial charge in [0.1, 0.15) is 13.2 Å². The Morgan fingerprint density at radius 2 is 1.00 bits per heavy atom. The number of rotatable bonds is 6. The van der Waals surface area contributed by atoms with Crippen molar-refractivity contribution >= 4 is 0 Å². The number of hydrogen-bond acceptors (Lipinski definition) is 4. The molecule has 0 heterocycles. The number of aryl methyl sites for hydroxylation is 2. The molecule has 0 aliphatic carbocycles. The fraction of sp³-hybridized carbons (Fsp3) is 0.250. The highest BCUT2D eigenvalue weighted by Gasteiger charge is 1.93. The highest BCUT2D eigenvalue weighted by molar-refractivity contribution is 5.21. The Morgan fingerprint density at radius 3 is 1.35 bits per heavy atom. The summed E-state index contributed by atoms with van der Waals surface area (Å²) in [6.45, 7) is 4.86. The van der Waals surface area contributed by atoms with Gasteiger partial charge < -0.3 is 9.68 Å². The van der Waals surface area contributed by atoms with E-state index >= 15 is 0 Å². The topological polar surface area (TPSA) is 43.2 Å². The molecule has 0 spiro atoms. The molecule has 0 bridgehead atoms. The standard InChI is InChI=1S/C16H18N2O2/c1-13-3-7-15(8-4-13)11-19-17-18-20-12-16-9-5-14(2)6-10-16/h3-10H,11-12H2,1-2H3/b18-17+. The van der Waals surface area contributed by atoms with Crippen LogP contribution in [-0.2, 0) is 22.9 Å². The molecule has 2 rings (SSSR count). The normalized spacial score (nSPS) is 10.7. The van der Waals surface area contributed by atoms with E-state index in [1.807, 2.05) is 62.4 Å². The molecule has 0 atom stereocenters. The van der Waals surface area contributed by atoms with Crippen LogP contribution in [0.25, 0.3) is 0 Å². The summed E-state index contributed by atoms with van der Waals surface area (Å²) in [5.74, 6) is 0. The third-order valence-electron chi connectivity index (χ3n) is 2.85. The van der Waals surface area contributed by atoms with Gasteiger partial charge in [0, 0.05) is 0 Å². The first-order chi connectivity index (χ1) is 9.74. The molecular formula is C16H18N2O2. The van der Waals surface area contributed by atoms with Crippen molar-refractivity contribution in [1.29, 1.82) is 0 Å². The van der Waals surface area contributed by atoms with Crippen LogP contribution < -0.4 is 0 Å². The smallest absolute Gasteiger partial charge is 0.144 e. The van der Waals surface area contributed by atoms with E-state index in [1.54, 1.807) is 0 Å². The minimum absolute atomic E-state index is 0.387. The van der Waals surface area contributed by atoms with Gasteiger partial charge in [0.25, 0.3) is 0 Å². The van der Waals surface area contributed by atoms with Crippen molar-refractivity contribution in [2.45, 2.75) is 27.1 Å². The second-order valence-corrected chi connectivity index (χ2v) is 4.68. The summed E-state index contributed by atoms with van der Waals surface area (Å²) in [4.78, 5) is 10.1. The average molecular weight is 270 g/mol. The second kappa shape index (κ2) is 7.28. The molecule has 2 aromatic rings. The lowest BCUT2D eigenvalue weighted by atomic mass is 10.2. The molecule has 0 fully saturated rings. The van der Waals surface area contributed by atoms with Gasteiger partial charge >= 0.3 is 0 Å². The molecule has 104 valence electrons. The van der Waals surface area contributed by atoms with Crippen LogP contribution in [-0.4, -0.2) is 0 Å². The summed E-state index contributed by atoms with van der Waals surface area (Å²) in [5.41, 5.74) is 4.54. The van der Waals surface area contributed by atoms with Gasteiger partial charge in [0.05, 0.1) is 10.6 Å². The molecule has 0 aromatic heterocycles. The molecule has 4 heteroatoms. The van der Waals surface area contributed by atoms with Crippen molar-refractivity contribution in [3.63, 3.8) is 0 Å². The van der Waals surface area contributed by atoms with Crippen LogP contribution in [0.15, 0.2) is 59.1 Å². The van der Waals surface area contributed by atoms with Crippen LogP contribution in [0.3, 0.4) is 0 Å². The zero-order valence-corrected chi connectivity index (χ0v) is 11.7. The zero-order chi connectivity index (χ0) is 14.2. The summed E-state index contributed by atoms with van der Waals surface area (Å²) in [7, 11) is 0. The fourth-order valence-electron chi connectivity index (χ4n) is 1.62. The number of benzene rings is 2. The lowest BCUT2D eigenvalue weighted by Crippen LogP contribution is -1.88. The Morgan fingerprint density at radius 1 is 0.650 bits per heavy atom. The molecule has 0 aliphatic rings. The maximum atomic E-state index is 5.05. The van der Waals surface area contributed by atoms with E-state index in [0.29, 0.717) is 13.2 Å². The number of hydrogen-bond donors (Lipinski definition) is 0. The lowest BCUT2D eigenvalue weighted by Gasteiger charge is -2.00. The summed E-state index contributed by atoms with van der Waals surface area (Å²) < 4.78 is 0. The van der Waals surface area contributed by atoms with E-state index < -0.39 is 0 Å². The van der Waals surface area contributed by atoms with E-state index in [0.717, 1.165) is 11.1 Å². The Labute approximate surface area is 119 Å². The van der Waals surface area contributed by atoms with Crippen LogP contribution >= 0.6 is 0 Å². The maximum Gasteiger partial charge on any atom is 0.144 e. The monoisotopic (exact) mass is 270 g/mol. The van der Waals surface area contributed by atoms with Gasteiger partial charge in [-0.25, -0.2) is 0 Å². The Kier molecular flexibility index (Phi) is 5.12. The maximum absolute atomic E-state index is 5.05. The van der Waals surface area contributed by atoms with Gasteiger partial charge in [0.15, 0.2) is 0 Å². The molecule has 0 aliphatic heterocycles. The van der Waals surface area contributed by atoms with Gasteiger partial charge in [-0.2, -0.15) is 0 Å². The first-order valence-corrected chi connectivity index (χ1v) is 6.49. The Hall–Kier alpha value is -2.36. The molecular weight excluding hydrogens is 252 g/mol. The minimum atomic E-state index is 0.387. The quantitative estimate of drug-likeness (QED) is 0.579. The van der Waals surface area contributed by atoms with Gasteiger partial charge in [-0.3, -0.25) is 0 Å². The molecule has 0 radical (unpaired) electrons. The average Bonchev–Trinajstić information content (AvgIpc) is 2.46. The van der Waals surface area contributed by atoms with Crippen molar-refractivity contribution in [3.05, 3.63) is 70.8 Å². The first-order valence-electron chi connectivity index (χ1n) is 6.49. The van der Waals surface area contributed by atoms with Gasteiger partial charge in [0.2, 0.25) is 0 Å². The van der Waals surface area contributed by atoms with Gasteiger partial charge in [-0.05, 0) is 25.0 Å². The van der Waals surface area contributed by atoms with Gasteiger partial charge in [-0.15, -0.1) is 0 Å². The van der Waals surface area contributed by atoms with Crippen molar-refractivity contribution in [3.8, 4) is 0 Å². The molecule has 0 N–H and O–H groups in total. The molecule has 0 amide bonds. The van der Waals surface area contributed by atoms with Crippen molar-refractivity contribution in [2.75, 3.05) is 0 Å². The summed E-state index contributed by atoms with van der Waals surface area (Å²) in [6, 6.07) is 16.1. The van der Waals surface area contributed by atoms with Crippen molar-refractivity contribution in [1.82, 2.24) is 0 Å². The third kappa shape index (κ3) is 4.72. The van der Waals surface area contributed by atoms with Crippen molar-refractivity contribution < 1.29 is 9.68 Å². The van der Waals surface area contributed by atoms with Crippen LogP contribution in [0.2, 0.25) is 0 Å². The summed E-state index contributed by atoms with van der Waals surface area (Å²) >= 11 is 0. The Bertz CT molecular complexity index is 496. The fourth-order valence-corrected chi connectivity index (χ4v) is 1.62. The third-order valence-corrected chi connectivity index (χ3v) is 2.85. The predicted molar refractivity (Wildman–Crippen MR) is 76.8 cm³/mol. The van der Waals surface area contributed by atoms with E-state index in [9.17, 15) is 0 Å². The minimum Gasteiger partial charge on any atom is -0.372 e. The largest absolute Gasteiger partial charge is 0.372 e. The first kappa shape index (κ1) is 14.1. The van der Waals surface area contributed by atoms with E-state index in [2.05, 4.69) is 10.6 Å². The van der Waals surface area contributed by atoms with Crippen LogP contribution in [0.5, 0.6) is 0 Å². The SMILES string of the molecule is Cc1ccc(CO/N=N/OCc2ccc(C)cc2)cc1. The van der Waals surface area contributed by atoms with Crippen LogP contribution in [0.1, 0.15) is 22.3 Å². The van der Waals surface area contributed by atoms with Crippen LogP contribution in [0, 0.1) is 13.8 Å². The molecule has 0 saturated carbocycles. The highest BCUT2D eigenvalue weighted by atomic mass is 16.7. The molecule has 2 aromatic carbocycles. The van der Waals surface area contributed by atoms with E-state index in [-0.39, 0.29) is 0 Å². The summed E-state index contributed by atoms with van der Waals surface area (Å²) in [5, 5.41) is 7.05. The lowest BCUT2D eigenvalue weighted by molar-refractivity contribution is 0.0269. The van der Waals surface area contributed by atoms with E-state index in [1.165, 1.54) is 11.1 Å². The molecule has 4 nitrogen and oxygen atoms in total. The Balaban J connectivity index is 1.67. The second-order valence-electron chi connectivity index (χ2n) is 4.68. The molecule has 20 heavy (non-hydrogen) atoms. The predicted octanol–water partition coefficient (Wildman–Crippen LogP) is 4.32.